The molecule has 0 unspecified atom stereocenters. The van der Waals surface area contributed by atoms with Gasteiger partial charge < -0.3 is 5.32 Å². The fourth-order valence-corrected chi connectivity index (χ4v) is 2.33. The molecule has 0 spiro atoms. The van der Waals surface area contributed by atoms with Gasteiger partial charge in [-0.05, 0) is 7.05 Å². The van der Waals surface area contributed by atoms with E-state index in [0.717, 1.165) is 12.2 Å². The van der Waals surface area contributed by atoms with Gasteiger partial charge in [0.05, 0.1) is 11.5 Å². The Labute approximate surface area is 116 Å². The molecular formula is C9H17N5O3S2. The van der Waals surface area contributed by atoms with Gasteiger partial charge in [0.1, 0.15) is 5.82 Å². The van der Waals surface area contributed by atoms with Crippen molar-refractivity contribution < 1.29 is 13.2 Å². The number of rotatable bonds is 8. The minimum absolute atomic E-state index is 0.0801. The van der Waals surface area contributed by atoms with Crippen LogP contribution >= 0.6 is 11.8 Å². The maximum absolute atomic E-state index is 11.5. The van der Waals surface area contributed by atoms with Gasteiger partial charge >= 0.3 is 0 Å². The summed E-state index contributed by atoms with van der Waals surface area (Å²) in [5.41, 5.74) is 0. The molecule has 3 N–H and O–H groups in total. The van der Waals surface area contributed by atoms with Gasteiger partial charge in [0.25, 0.3) is 0 Å². The monoisotopic (exact) mass is 307 g/mol. The molecule has 0 saturated carbocycles. The van der Waals surface area contributed by atoms with Crippen LogP contribution in [-0.2, 0) is 21.2 Å². The molecule has 1 aromatic rings. The van der Waals surface area contributed by atoms with E-state index in [1.807, 2.05) is 6.92 Å². The van der Waals surface area contributed by atoms with Gasteiger partial charge in [-0.15, -0.1) is 5.10 Å². The number of hydrogen-bond donors (Lipinski definition) is 3. The van der Waals surface area contributed by atoms with Crippen molar-refractivity contribution in [1.29, 1.82) is 0 Å². The van der Waals surface area contributed by atoms with Crippen molar-refractivity contribution in [3.8, 4) is 0 Å². The van der Waals surface area contributed by atoms with E-state index >= 15 is 0 Å². The Balaban J connectivity index is 2.25. The van der Waals surface area contributed by atoms with E-state index in [1.165, 1.54) is 18.8 Å². The number of hydrogen-bond acceptors (Lipinski definition) is 6. The van der Waals surface area contributed by atoms with Crippen LogP contribution in [0.4, 0.5) is 0 Å². The molecule has 0 radical (unpaired) electrons. The van der Waals surface area contributed by atoms with Gasteiger partial charge in [0, 0.05) is 13.0 Å². The molecule has 1 rings (SSSR count). The number of carbonyl (C=O) groups is 1. The topological polar surface area (TPSA) is 117 Å². The normalized spacial score (nSPS) is 11.5. The van der Waals surface area contributed by atoms with Crippen molar-refractivity contribution in [2.24, 2.45) is 0 Å². The van der Waals surface area contributed by atoms with E-state index in [9.17, 15) is 13.2 Å². The van der Waals surface area contributed by atoms with Crippen molar-refractivity contribution in [3.05, 3.63) is 5.82 Å². The zero-order valence-corrected chi connectivity index (χ0v) is 12.4. The molecule has 0 fully saturated rings. The molecule has 10 heteroatoms. The van der Waals surface area contributed by atoms with Crippen LogP contribution in [0, 0.1) is 0 Å². The van der Waals surface area contributed by atoms with Crippen LogP contribution in [-0.4, -0.2) is 54.6 Å². The van der Waals surface area contributed by atoms with Crippen molar-refractivity contribution in [2.45, 2.75) is 18.5 Å². The number of nitrogens with one attached hydrogen (secondary N) is 3. The molecule has 0 atom stereocenters. The van der Waals surface area contributed by atoms with E-state index in [-0.39, 0.29) is 24.0 Å². The summed E-state index contributed by atoms with van der Waals surface area (Å²) in [4.78, 5) is 15.6. The van der Waals surface area contributed by atoms with Crippen molar-refractivity contribution in [1.82, 2.24) is 25.2 Å². The average Bonchev–Trinajstić information content (AvgIpc) is 2.84. The number of thioether (sulfide) groups is 1. The summed E-state index contributed by atoms with van der Waals surface area (Å²) in [5, 5.41) is 9.71. The van der Waals surface area contributed by atoms with E-state index < -0.39 is 10.0 Å². The van der Waals surface area contributed by atoms with Gasteiger partial charge in [-0.25, -0.2) is 18.1 Å². The third-order valence-corrected chi connectivity index (χ3v) is 4.39. The number of amides is 1. The Bertz CT molecular complexity index is 514. The second-order valence-corrected chi connectivity index (χ2v) is 6.57. The van der Waals surface area contributed by atoms with Crippen LogP contribution < -0.4 is 10.0 Å². The number of H-pyrrole nitrogens is 1. The van der Waals surface area contributed by atoms with Gasteiger partial charge in [0.15, 0.2) is 0 Å². The Morgan fingerprint density at radius 3 is 2.79 bits per heavy atom. The third kappa shape index (κ3) is 6.03. The molecule has 0 aliphatic rings. The van der Waals surface area contributed by atoms with E-state index in [4.69, 9.17) is 0 Å². The summed E-state index contributed by atoms with van der Waals surface area (Å²) < 4.78 is 24.4. The largest absolute Gasteiger partial charge is 0.354 e. The van der Waals surface area contributed by atoms with Crippen molar-refractivity contribution in [2.75, 3.05) is 25.1 Å². The smallest absolute Gasteiger partial charge is 0.230 e. The summed E-state index contributed by atoms with van der Waals surface area (Å²) in [7, 11) is -1.95. The zero-order chi connectivity index (χ0) is 14.3. The second-order valence-electron chi connectivity index (χ2n) is 3.58. The number of carbonyl (C=O) groups excluding carboxylic acids is 1. The van der Waals surface area contributed by atoms with Crippen molar-refractivity contribution in [3.63, 3.8) is 0 Å². The fourth-order valence-electron chi connectivity index (χ4n) is 1.11. The molecule has 0 aromatic carbocycles. The summed E-state index contributed by atoms with van der Waals surface area (Å²) >= 11 is 1.20. The maximum Gasteiger partial charge on any atom is 0.230 e. The molecule has 0 aliphatic carbocycles. The molecule has 1 amide bonds. The summed E-state index contributed by atoms with van der Waals surface area (Å²) in [6, 6.07) is 0. The van der Waals surface area contributed by atoms with Crippen LogP contribution in [0.3, 0.4) is 0 Å². The van der Waals surface area contributed by atoms with E-state index in [2.05, 4.69) is 25.2 Å². The fraction of sp³-hybridized carbons (Fsp3) is 0.667. The molecule has 0 bridgehead atoms. The number of aryl methyl sites for hydroxylation is 1. The minimum Gasteiger partial charge on any atom is -0.354 e. The lowest BCUT2D eigenvalue weighted by Crippen LogP contribution is -2.33. The first-order chi connectivity index (χ1) is 8.96. The molecule has 0 aliphatic heterocycles. The highest BCUT2D eigenvalue weighted by Gasteiger charge is 2.09. The summed E-state index contributed by atoms with van der Waals surface area (Å²) in [6.07, 6.45) is 0.752. The first-order valence-electron chi connectivity index (χ1n) is 5.69. The predicted octanol–water partition coefficient (Wildman–Crippen LogP) is -0.875. The molecule has 0 saturated heterocycles. The Kier molecular flexibility index (Phi) is 6.25. The van der Waals surface area contributed by atoms with Gasteiger partial charge in [0.2, 0.25) is 21.1 Å². The summed E-state index contributed by atoms with van der Waals surface area (Å²) in [5.74, 6) is 0.531. The van der Waals surface area contributed by atoms with Gasteiger partial charge in [-0.2, -0.15) is 0 Å². The van der Waals surface area contributed by atoms with Crippen LogP contribution in [0.15, 0.2) is 5.16 Å². The van der Waals surface area contributed by atoms with E-state index in [1.54, 1.807) is 0 Å². The standard InChI is InChI=1S/C9H17N5O3S2/c1-3-7-12-9(14-13-7)18-6-8(15)11-4-5-19(16,17)10-2/h10H,3-6H2,1-2H3,(H,11,15)(H,12,13,14). The molecule has 8 nitrogen and oxygen atoms in total. The molecular weight excluding hydrogens is 290 g/mol. The average molecular weight is 307 g/mol. The highest BCUT2D eigenvalue weighted by Crippen LogP contribution is 2.11. The van der Waals surface area contributed by atoms with Crippen LogP contribution in [0.5, 0.6) is 0 Å². The second kappa shape index (κ2) is 7.46. The van der Waals surface area contributed by atoms with Crippen LogP contribution in [0.25, 0.3) is 0 Å². The Hall–Kier alpha value is -1.13. The van der Waals surface area contributed by atoms with Crippen molar-refractivity contribution >= 4 is 27.7 Å². The van der Waals surface area contributed by atoms with Crippen LogP contribution in [0.1, 0.15) is 12.7 Å². The minimum atomic E-state index is -3.28. The molecule has 1 aromatic heterocycles. The quantitative estimate of drug-likeness (QED) is 0.537. The lowest BCUT2D eigenvalue weighted by atomic mass is 10.5. The SMILES string of the molecule is CCc1nc(SCC(=O)NCCS(=O)(=O)NC)n[nH]1. The van der Waals surface area contributed by atoms with E-state index in [0.29, 0.717) is 5.16 Å². The zero-order valence-electron chi connectivity index (χ0n) is 10.8. The van der Waals surface area contributed by atoms with Gasteiger partial charge in [-0.3, -0.25) is 9.89 Å². The molecule has 1 heterocycles. The Morgan fingerprint density at radius 2 is 2.21 bits per heavy atom. The van der Waals surface area contributed by atoms with Gasteiger partial charge in [-0.1, -0.05) is 18.7 Å². The maximum atomic E-state index is 11.5. The lowest BCUT2D eigenvalue weighted by Gasteiger charge is -2.04. The lowest BCUT2D eigenvalue weighted by molar-refractivity contribution is -0.118. The highest BCUT2D eigenvalue weighted by atomic mass is 32.2. The molecule has 108 valence electrons. The summed E-state index contributed by atoms with van der Waals surface area (Å²) in [6.45, 7) is 2.03. The number of aromatic amines is 1. The Morgan fingerprint density at radius 1 is 1.47 bits per heavy atom. The number of sulfonamides is 1. The van der Waals surface area contributed by atoms with Crippen LogP contribution in [0.2, 0.25) is 0 Å². The number of aromatic nitrogens is 3. The predicted molar refractivity (Wildman–Crippen MR) is 72.3 cm³/mol. The third-order valence-electron chi connectivity index (χ3n) is 2.18. The molecule has 19 heavy (non-hydrogen) atoms. The first-order valence-corrected chi connectivity index (χ1v) is 8.32. The number of nitrogens with zero attached hydrogens (tertiary/aromatic N) is 2. The first kappa shape index (κ1) is 15.9. The highest BCUT2D eigenvalue weighted by molar-refractivity contribution is 7.99.